The molecule has 1 aromatic carbocycles. The molecule has 5 heteroatoms. The predicted molar refractivity (Wildman–Crippen MR) is 67.0 cm³/mol. The van der Waals surface area contributed by atoms with Gasteiger partial charge in [0.1, 0.15) is 0 Å². The van der Waals surface area contributed by atoms with Gasteiger partial charge in [0.05, 0.1) is 12.3 Å². The van der Waals surface area contributed by atoms with Gasteiger partial charge in [-0.2, -0.15) is 0 Å². The summed E-state index contributed by atoms with van der Waals surface area (Å²) in [5, 5.41) is 0. The number of carbonyl (C=O) groups is 1. The Morgan fingerprint density at radius 1 is 1.29 bits per heavy atom. The van der Waals surface area contributed by atoms with E-state index in [1.54, 1.807) is 24.3 Å². The van der Waals surface area contributed by atoms with Gasteiger partial charge >= 0.3 is 0 Å². The van der Waals surface area contributed by atoms with Crippen LogP contribution in [0, 0.1) is 0 Å². The zero-order valence-corrected chi connectivity index (χ0v) is 10.6. The Balaban J connectivity index is 3.12. The number of hydrogen-bond acceptors (Lipinski definition) is 3. The standard InChI is InChI=1S/C12H15NO3S/c1-9(10(2)14)12(13-17(3,15)16)11-7-5-4-6-8-11/h4-8,12-13H,1H2,2-3H3/t12-/m0/s1. The molecule has 0 aliphatic heterocycles. The lowest BCUT2D eigenvalue weighted by atomic mass is 9.98. The lowest BCUT2D eigenvalue weighted by Gasteiger charge is -2.18. The van der Waals surface area contributed by atoms with E-state index in [1.807, 2.05) is 6.07 Å². The molecule has 92 valence electrons. The summed E-state index contributed by atoms with van der Waals surface area (Å²) in [4.78, 5) is 11.3. The molecule has 1 rings (SSSR count). The molecular formula is C12H15NO3S. The van der Waals surface area contributed by atoms with Crippen LogP contribution in [0.25, 0.3) is 0 Å². The van der Waals surface area contributed by atoms with Gasteiger partial charge in [-0.1, -0.05) is 36.9 Å². The number of benzene rings is 1. The van der Waals surface area contributed by atoms with E-state index in [9.17, 15) is 13.2 Å². The Kier molecular flexibility index (Phi) is 4.20. The van der Waals surface area contributed by atoms with E-state index in [0.29, 0.717) is 5.56 Å². The van der Waals surface area contributed by atoms with Crippen LogP contribution in [0.2, 0.25) is 0 Å². The van der Waals surface area contributed by atoms with Gasteiger partial charge in [-0.05, 0) is 12.5 Å². The smallest absolute Gasteiger partial charge is 0.209 e. The van der Waals surface area contributed by atoms with E-state index in [0.717, 1.165) is 6.26 Å². The van der Waals surface area contributed by atoms with Crippen molar-refractivity contribution in [3.63, 3.8) is 0 Å². The van der Waals surface area contributed by atoms with Crippen molar-refractivity contribution in [1.29, 1.82) is 0 Å². The number of rotatable bonds is 5. The highest BCUT2D eigenvalue weighted by atomic mass is 32.2. The van der Waals surface area contributed by atoms with Gasteiger partial charge in [-0.15, -0.1) is 0 Å². The van der Waals surface area contributed by atoms with E-state index in [2.05, 4.69) is 11.3 Å². The molecule has 0 saturated heterocycles. The van der Waals surface area contributed by atoms with Gasteiger partial charge in [-0.3, -0.25) is 4.79 Å². The van der Waals surface area contributed by atoms with E-state index in [-0.39, 0.29) is 11.4 Å². The Morgan fingerprint density at radius 2 is 1.82 bits per heavy atom. The fourth-order valence-corrected chi connectivity index (χ4v) is 2.11. The Hall–Kier alpha value is -1.46. The summed E-state index contributed by atoms with van der Waals surface area (Å²) < 4.78 is 25.0. The minimum Gasteiger partial charge on any atom is -0.295 e. The molecule has 0 fully saturated rings. The van der Waals surface area contributed by atoms with Crippen molar-refractivity contribution >= 4 is 15.8 Å². The van der Waals surface area contributed by atoms with Crippen molar-refractivity contribution in [2.45, 2.75) is 13.0 Å². The fraction of sp³-hybridized carbons (Fsp3) is 0.250. The van der Waals surface area contributed by atoms with Gasteiger partial charge in [0.25, 0.3) is 0 Å². The van der Waals surface area contributed by atoms with Crippen LogP contribution in [-0.4, -0.2) is 20.5 Å². The highest BCUT2D eigenvalue weighted by molar-refractivity contribution is 7.88. The third-order valence-electron chi connectivity index (χ3n) is 2.27. The van der Waals surface area contributed by atoms with E-state index in [4.69, 9.17) is 0 Å². The normalized spacial score (nSPS) is 13.1. The van der Waals surface area contributed by atoms with Crippen LogP contribution in [0.4, 0.5) is 0 Å². The molecule has 0 unspecified atom stereocenters. The van der Waals surface area contributed by atoms with E-state index < -0.39 is 16.1 Å². The molecule has 0 aliphatic rings. The molecule has 4 nitrogen and oxygen atoms in total. The molecular weight excluding hydrogens is 238 g/mol. The Labute approximate surface area is 101 Å². The third-order valence-corrected chi connectivity index (χ3v) is 2.93. The lowest BCUT2D eigenvalue weighted by molar-refractivity contribution is -0.113. The molecule has 1 atom stereocenters. The van der Waals surface area contributed by atoms with E-state index in [1.165, 1.54) is 6.92 Å². The van der Waals surface area contributed by atoms with Crippen molar-refractivity contribution in [3.8, 4) is 0 Å². The van der Waals surface area contributed by atoms with Crippen LogP contribution in [0.5, 0.6) is 0 Å². The number of hydrogen-bond donors (Lipinski definition) is 1. The zero-order chi connectivity index (χ0) is 13.1. The number of Topliss-reactive ketones (excluding diaryl/α,β-unsaturated/α-hetero) is 1. The highest BCUT2D eigenvalue weighted by Crippen LogP contribution is 2.21. The first kappa shape index (κ1) is 13.6. The second-order valence-corrected chi connectivity index (χ2v) is 5.60. The second kappa shape index (κ2) is 5.25. The maximum atomic E-state index is 11.3. The van der Waals surface area contributed by atoms with Gasteiger partial charge in [0, 0.05) is 5.57 Å². The monoisotopic (exact) mass is 253 g/mol. The molecule has 17 heavy (non-hydrogen) atoms. The predicted octanol–water partition coefficient (Wildman–Crippen LogP) is 1.42. The zero-order valence-electron chi connectivity index (χ0n) is 9.80. The summed E-state index contributed by atoms with van der Waals surface area (Å²) in [5.41, 5.74) is 0.916. The van der Waals surface area contributed by atoms with Crippen molar-refractivity contribution in [2.75, 3.05) is 6.26 Å². The molecule has 0 aliphatic carbocycles. The molecule has 0 aromatic heterocycles. The van der Waals surface area contributed by atoms with Crippen molar-refractivity contribution in [1.82, 2.24) is 4.72 Å². The first-order valence-corrected chi connectivity index (χ1v) is 6.92. The van der Waals surface area contributed by atoms with Crippen LogP contribution >= 0.6 is 0 Å². The lowest BCUT2D eigenvalue weighted by Crippen LogP contribution is -2.30. The minimum absolute atomic E-state index is 0.224. The fourth-order valence-electron chi connectivity index (χ4n) is 1.40. The van der Waals surface area contributed by atoms with Crippen LogP contribution in [0.1, 0.15) is 18.5 Å². The Bertz CT molecular complexity index is 520. The van der Waals surface area contributed by atoms with Crippen LogP contribution in [0.15, 0.2) is 42.5 Å². The Morgan fingerprint density at radius 3 is 2.24 bits per heavy atom. The van der Waals surface area contributed by atoms with Crippen molar-refractivity contribution in [2.24, 2.45) is 0 Å². The number of ketones is 1. The van der Waals surface area contributed by atoms with E-state index >= 15 is 0 Å². The summed E-state index contributed by atoms with van der Waals surface area (Å²) in [7, 11) is -3.41. The van der Waals surface area contributed by atoms with Crippen LogP contribution in [-0.2, 0) is 14.8 Å². The summed E-state index contributed by atoms with van der Waals surface area (Å²) in [6.45, 7) is 5.00. The molecule has 0 saturated carbocycles. The molecule has 1 N–H and O–H groups in total. The number of nitrogens with one attached hydrogen (secondary N) is 1. The molecule has 0 amide bonds. The molecule has 0 heterocycles. The molecule has 0 spiro atoms. The SMILES string of the molecule is C=C(C(C)=O)[C@H](NS(C)(=O)=O)c1ccccc1. The molecule has 0 bridgehead atoms. The van der Waals surface area contributed by atoms with Crippen molar-refractivity contribution < 1.29 is 13.2 Å². The summed E-state index contributed by atoms with van der Waals surface area (Å²) in [6, 6.07) is 8.16. The average molecular weight is 253 g/mol. The number of sulfonamides is 1. The first-order valence-electron chi connectivity index (χ1n) is 5.03. The number of carbonyl (C=O) groups excluding carboxylic acids is 1. The molecule has 0 radical (unpaired) electrons. The quantitative estimate of drug-likeness (QED) is 0.807. The van der Waals surface area contributed by atoms with Gasteiger partial charge < -0.3 is 0 Å². The summed E-state index contributed by atoms with van der Waals surface area (Å²) >= 11 is 0. The summed E-state index contributed by atoms with van der Waals surface area (Å²) in [6.07, 6.45) is 1.05. The van der Waals surface area contributed by atoms with Crippen molar-refractivity contribution in [3.05, 3.63) is 48.0 Å². The van der Waals surface area contributed by atoms with Gasteiger partial charge in [0.2, 0.25) is 10.0 Å². The van der Waals surface area contributed by atoms with Crippen LogP contribution < -0.4 is 4.72 Å². The highest BCUT2D eigenvalue weighted by Gasteiger charge is 2.21. The van der Waals surface area contributed by atoms with Crippen LogP contribution in [0.3, 0.4) is 0 Å². The second-order valence-electron chi connectivity index (χ2n) is 3.82. The molecule has 1 aromatic rings. The van der Waals surface area contributed by atoms with Gasteiger partial charge in [0.15, 0.2) is 5.78 Å². The maximum Gasteiger partial charge on any atom is 0.209 e. The first-order chi connectivity index (χ1) is 7.81. The minimum atomic E-state index is -3.41. The summed E-state index contributed by atoms with van der Waals surface area (Å²) in [5.74, 6) is -0.241. The third kappa shape index (κ3) is 4.13. The topological polar surface area (TPSA) is 63.2 Å². The van der Waals surface area contributed by atoms with Gasteiger partial charge in [-0.25, -0.2) is 13.1 Å². The average Bonchev–Trinajstić information content (AvgIpc) is 2.25. The largest absolute Gasteiger partial charge is 0.295 e. The maximum absolute atomic E-state index is 11.3.